The number of aliphatic hydroxyl groups excluding tert-OH is 1. The zero-order chi connectivity index (χ0) is 67.2. The number of carbonyl (C=O) groups excluding carboxylic acids is 7. The van der Waals surface area contributed by atoms with Crippen molar-refractivity contribution in [3.63, 3.8) is 0 Å². The first kappa shape index (κ1) is 65.7. The Bertz CT molecular complexity index is 3970. The lowest BCUT2D eigenvalue weighted by Gasteiger charge is -2.65. The number of benzene rings is 5. The Labute approximate surface area is 539 Å². The van der Waals surface area contributed by atoms with Crippen LogP contribution in [-0.2, 0) is 52.3 Å². The average Bonchev–Trinajstić information content (AvgIpc) is 1.41. The van der Waals surface area contributed by atoms with Crippen molar-refractivity contribution in [1.82, 2.24) is 20.1 Å². The van der Waals surface area contributed by atoms with E-state index in [0.717, 1.165) is 17.2 Å². The van der Waals surface area contributed by atoms with Crippen LogP contribution in [-0.4, -0.2) is 165 Å². The van der Waals surface area contributed by atoms with E-state index in [0.29, 0.717) is 16.8 Å². The molecule has 0 spiro atoms. The number of hydrogen-bond acceptors (Lipinski definition) is 21. The molecule has 2 bridgehead atoms. The van der Waals surface area contributed by atoms with Gasteiger partial charge in [0.1, 0.15) is 53.5 Å². The predicted molar refractivity (Wildman–Crippen MR) is 332 cm³/mol. The minimum atomic E-state index is -2.55. The summed E-state index contributed by atoms with van der Waals surface area (Å²) in [4.78, 5) is 118. The van der Waals surface area contributed by atoms with Crippen molar-refractivity contribution in [2.45, 2.75) is 126 Å². The SMILES string of the molecule is CC(=O)O[C@H]1C2=C(C)[C@H](OC(=O)[C@H](OC(=O)N(C)CCN(C)C(=O)OC(C)c3ccc([N+](=O)[O-])c(Oc4ccc5ncccc5c4)c3)[C@@H](NC(=O)c3ccccc3)c3ccccc3)C[C@]3(O)[C@H](OC(=O)c4ccccc4)[C@H]4[C@@]5(OC(C)=O)CO[C@H]5C[C@@H](O)[C@]4(C)C1O[C@]23C. The highest BCUT2D eigenvalue weighted by atomic mass is 16.7. The molecule has 25 heteroatoms. The second-order valence-corrected chi connectivity index (χ2v) is 24.7. The standard InChI is InChI=1S/C69H71N5O20/c1-38-51(36-69(83)60(92-62(79)44-23-16-11-17-24-44)58-66(5,52(77)35-53-68(58,37-86-53)93-41(4)76)59-56(88-40(3)75)54(38)67(69,6)94-59)90-63(80)57(55(42-19-12-9-13-20-42)71-61(78)43-21-14-10-15-22-43)91-65(82)73(8)32-31-72(7)64(81)87-39(2)45-26-29-49(74(84)85)50(34-45)89-47-27-28-48-46(33-47)25-18-30-70-48/h9-30,33-34,39,51-53,55-60,77,83H,31-32,35-37H2,1-8H3,(H,71,78)/t39?,51-,52-,53+,55+,56+,57-,58-,59?,60-,66+,67-,68-,69+/m1/s1. The van der Waals surface area contributed by atoms with Crippen LogP contribution in [0.15, 0.2) is 157 Å². The lowest BCUT2D eigenvalue weighted by molar-refractivity contribution is -0.385. The van der Waals surface area contributed by atoms with Gasteiger partial charge in [-0.15, -0.1) is 0 Å². The molecule has 6 aromatic rings. The average molecular weight is 1290 g/mol. The Balaban J connectivity index is 0.900. The molecule has 4 fully saturated rings. The number of pyridine rings is 1. The van der Waals surface area contributed by atoms with Crippen molar-refractivity contribution in [1.29, 1.82) is 0 Å². The Morgan fingerprint density at radius 1 is 0.787 bits per heavy atom. The minimum absolute atomic E-state index is 0.0631. The van der Waals surface area contributed by atoms with E-state index in [9.17, 15) is 49.1 Å². The van der Waals surface area contributed by atoms with Crippen LogP contribution >= 0.6 is 0 Å². The highest BCUT2D eigenvalue weighted by Gasteiger charge is 2.83. The monoisotopic (exact) mass is 1290 g/mol. The van der Waals surface area contributed by atoms with E-state index < -0.39 is 136 Å². The van der Waals surface area contributed by atoms with E-state index in [1.54, 1.807) is 118 Å². The van der Waals surface area contributed by atoms with Gasteiger partial charge in [0.25, 0.3) is 5.91 Å². The smallest absolute Gasteiger partial charge is 0.410 e. The lowest BCUT2D eigenvalue weighted by atomic mass is 9.47. The summed E-state index contributed by atoms with van der Waals surface area (Å²) >= 11 is 0. The van der Waals surface area contributed by atoms with Crippen LogP contribution < -0.4 is 10.1 Å². The summed E-state index contributed by atoms with van der Waals surface area (Å²) in [6, 6.07) is 35.2. The zero-order valence-corrected chi connectivity index (χ0v) is 52.7. The van der Waals surface area contributed by atoms with Gasteiger partial charge >= 0.3 is 41.8 Å². The molecule has 4 heterocycles. The van der Waals surface area contributed by atoms with Crippen molar-refractivity contribution in [2.24, 2.45) is 11.3 Å². The van der Waals surface area contributed by atoms with Gasteiger partial charge in [-0.3, -0.25) is 29.5 Å². The molecule has 5 aliphatic rings. The normalized spacial score (nSPS) is 27.2. The molecule has 5 aromatic carbocycles. The van der Waals surface area contributed by atoms with Crippen LogP contribution in [0.4, 0.5) is 15.3 Å². The maximum atomic E-state index is 15.7. The lowest BCUT2D eigenvalue weighted by Crippen LogP contribution is -2.80. The first-order valence-electron chi connectivity index (χ1n) is 30.6. The topological polar surface area (TPSA) is 318 Å². The number of nitrogens with one attached hydrogen (secondary N) is 1. The molecule has 3 N–H and O–H groups in total. The molecule has 25 nitrogen and oxygen atoms in total. The van der Waals surface area contributed by atoms with Gasteiger partial charge in [0, 0.05) is 88.1 Å². The summed E-state index contributed by atoms with van der Waals surface area (Å²) in [6.45, 7) is 7.94. The Kier molecular flexibility index (Phi) is 18.1. The van der Waals surface area contributed by atoms with E-state index >= 15 is 4.79 Å². The molecule has 3 saturated heterocycles. The number of carbonyl (C=O) groups is 7. The van der Waals surface area contributed by atoms with Gasteiger partial charge in [0.15, 0.2) is 11.7 Å². The van der Waals surface area contributed by atoms with Crippen molar-refractivity contribution >= 4 is 58.6 Å². The third-order valence-corrected chi connectivity index (χ3v) is 19.0. The summed E-state index contributed by atoms with van der Waals surface area (Å²) < 4.78 is 56.6. The fraction of sp³-hybridized carbons (Fsp3) is 0.391. The summed E-state index contributed by atoms with van der Waals surface area (Å²) in [6.07, 6.45) is -12.7. The zero-order valence-electron chi connectivity index (χ0n) is 52.7. The highest BCUT2D eigenvalue weighted by Crippen LogP contribution is 2.68. The van der Waals surface area contributed by atoms with Gasteiger partial charge < -0.3 is 68.0 Å². The highest BCUT2D eigenvalue weighted by molar-refractivity contribution is 5.95. The van der Waals surface area contributed by atoms with E-state index in [1.807, 2.05) is 6.07 Å². The van der Waals surface area contributed by atoms with Gasteiger partial charge in [-0.05, 0) is 98.1 Å². The molecule has 3 aliphatic heterocycles. The van der Waals surface area contributed by atoms with Crippen LogP contribution in [0.3, 0.4) is 0 Å². The number of amides is 3. The maximum absolute atomic E-state index is 15.7. The van der Waals surface area contributed by atoms with E-state index in [4.69, 9.17) is 42.6 Å². The third-order valence-electron chi connectivity index (χ3n) is 19.0. The molecule has 2 aliphatic carbocycles. The van der Waals surface area contributed by atoms with Crippen molar-refractivity contribution in [2.75, 3.05) is 33.8 Å². The predicted octanol–water partition coefficient (Wildman–Crippen LogP) is 8.45. The number of likely N-dealkylation sites (N-methyl/N-ethyl adjacent to an activating group) is 2. The molecule has 14 atom stereocenters. The number of hydrogen-bond donors (Lipinski definition) is 3. The van der Waals surface area contributed by atoms with Crippen LogP contribution in [0, 0.1) is 21.4 Å². The number of rotatable bonds is 19. The minimum Gasteiger partial charge on any atom is -0.455 e. The quantitative estimate of drug-likeness (QED) is 0.0225. The summed E-state index contributed by atoms with van der Waals surface area (Å²) in [5.41, 5.74) is -6.40. The Hall–Kier alpha value is -9.82. The molecule has 2 unspecified atom stereocenters. The van der Waals surface area contributed by atoms with E-state index in [2.05, 4.69) is 10.3 Å². The second kappa shape index (κ2) is 25.9. The summed E-state index contributed by atoms with van der Waals surface area (Å²) in [5, 5.41) is 42.4. The molecule has 492 valence electrons. The summed E-state index contributed by atoms with van der Waals surface area (Å²) in [7, 11) is 2.75. The maximum Gasteiger partial charge on any atom is 0.410 e. The van der Waals surface area contributed by atoms with Crippen LogP contribution in [0.25, 0.3) is 10.9 Å². The largest absolute Gasteiger partial charge is 0.455 e. The molecule has 0 radical (unpaired) electrons. The molecular weight excluding hydrogens is 1220 g/mol. The number of aromatic nitrogens is 1. The number of fused-ring (bicyclic) bond motifs is 6. The van der Waals surface area contributed by atoms with Crippen LogP contribution in [0.2, 0.25) is 0 Å². The van der Waals surface area contributed by atoms with E-state index in [-0.39, 0.29) is 65.4 Å². The third kappa shape index (κ3) is 12.0. The molecule has 1 saturated carbocycles. The fourth-order valence-corrected chi connectivity index (χ4v) is 14.0. The van der Waals surface area contributed by atoms with E-state index in [1.165, 1.54) is 75.3 Å². The van der Waals surface area contributed by atoms with Gasteiger partial charge in [0.05, 0.1) is 34.6 Å². The molecular formula is C69H71N5O20. The van der Waals surface area contributed by atoms with Gasteiger partial charge in [-0.25, -0.2) is 19.2 Å². The van der Waals surface area contributed by atoms with Crippen LogP contribution in [0.1, 0.15) is 98.4 Å². The molecule has 3 amide bonds. The first-order valence-corrected chi connectivity index (χ1v) is 30.6. The number of ether oxygens (including phenoxy) is 9. The fourth-order valence-electron chi connectivity index (χ4n) is 14.0. The van der Waals surface area contributed by atoms with Crippen molar-refractivity contribution in [3.8, 4) is 11.5 Å². The number of nitro benzene ring substituents is 1. The first-order chi connectivity index (χ1) is 44.8. The number of esters is 4. The molecule has 94 heavy (non-hydrogen) atoms. The second-order valence-electron chi connectivity index (χ2n) is 24.7. The number of nitro groups is 1. The van der Waals surface area contributed by atoms with Gasteiger partial charge in [-0.2, -0.15) is 0 Å². The van der Waals surface area contributed by atoms with Gasteiger partial charge in [-0.1, -0.05) is 79.7 Å². The summed E-state index contributed by atoms with van der Waals surface area (Å²) in [5.74, 6) is -5.62. The van der Waals surface area contributed by atoms with Crippen molar-refractivity contribution < 1.29 is 91.3 Å². The van der Waals surface area contributed by atoms with Gasteiger partial charge in [0.2, 0.25) is 11.9 Å². The number of aliphatic hydroxyl groups is 2. The molecule has 11 rings (SSSR count). The Morgan fingerprint density at radius 2 is 1.44 bits per heavy atom. The van der Waals surface area contributed by atoms with Crippen LogP contribution in [0.5, 0.6) is 11.5 Å². The number of nitrogens with zero attached hydrogens (tertiary/aromatic N) is 4. The molecule has 1 aromatic heterocycles. The van der Waals surface area contributed by atoms with Crippen molar-refractivity contribution in [3.05, 3.63) is 189 Å². The Morgan fingerprint density at radius 3 is 2.06 bits per heavy atom.